The minimum absolute atomic E-state index is 0.125. The van der Waals surface area contributed by atoms with E-state index in [2.05, 4.69) is 0 Å². The third kappa shape index (κ3) is 50.4. The van der Waals surface area contributed by atoms with E-state index >= 15 is 0 Å². The predicted molar refractivity (Wildman–Crippen MR) is 2.06 cm³/mol. The third-order valence-electron chi connectivity index (χ3n) is 0. The quantitative estimate of drug-likeness (QED) is 0.507. The zero-order valence-electron chi connectivity index (χ0n) is 2.43. The zero-order valence-corrected chi connectivity index (χ0v) is 7.86. The number of rotatable bonds is 0. The Balaban J connectivity index is 0. The summed E-state index contributed by atoms with van der Waals surface area (Å²) in [5, 5.41) is 0. The van der Waals surface area contributed by atoms with E-state index in [0.29, 0.717) is 0 Å². The van der Waals surface area contributed by atoms with Crippen LogP contribution in [0.1, 0.15) is 0 Å². The normalized spacial score (nSPS) is 2.80. The molecule has 0 aliphatic heterocycles. The van der Waals surface area contributed by atoms with Crippen molar-refractivity contribution in [3.8, 4) is 0 Å². The monoisotopic (exact) mass is 202 g/mol. The summed E-state index contributed by atoms with van der Waals surface area (Å²) in [6.07, 6.45) is 0. The van der Waals surface area contributed by atoms with Crippen molar-refractivity contribution in [3.05, 3.63) is 0 Å². The van der Waals surface area contributed by atoms with Crippen molar-refractivity contribution in [2.75, 3.05) is 0 Å². The minimum atomic E-state index is -2.27. The van der Waals surface area contributed by atoms with Crippen LogP contribution in [0.3, 0.4) is 0 Å². The summed E-state index contributed by atoms with van der Waals surface area (Å²) >= 11 is -2.14. The third-order valence-corrected chi connectivity index (χ3v) is 0. The molecule has 0 heterocycles. The van der Waals surface area contributed by atoms with E-state index in [1.54, 1.807) is 0 Å². The van der Waals surface area contributed by atoms with E-state index in [-0.39, 0.29) is 18.3 Å². The van der Waals surface area contributed by atoms with Gasteiger partial charge in [0.1, 0.15) is 0 Å². The van der Waals surface area contributed by atoms with Crippen molar-refractivity contribution in [2.45, 2.75) is 0 Å². The molecule has 3 nitrogen and oxygen atoms in total. The molecule has 0 N–H and O–H groups in total. The molecule has 0 radical (unpaired) electrons. The van der Waals surface area contributed by atoms with Gasteiger partial charge in [0.25, 0.3) is 0 Å². The van der Waals surface area contributed by atoms with E-state index in [9.17, 15) is 0 Å². The molecule has 0 unspecified atom stereocenters. The molecule has 0 aromatic heterocycles. The first-order valence-corrected chi connectivity index (χ1v) is 3.92. The molecular formula is O3ZnZr. The number of hydrogen-bond acceptors (Lipinski definition) is 3. The van der Waals surface area contributed by atoms with Crippen LogP contribution in [0.25, 0.3) is 0 Å². The van der Waals surface area contributed by atoms with Crippen LogP contribution in [-0.2, 0) is 50.7 Å². The Bertz CT molecular complexity index is 36.2. The first-order valence-electron chi connectivity index (χ1n) is 0.697. The van der Waals surface area contributed by atoms with Gasteiger partial charge in [-0.1, -0.05) is 0 Å². The van der Waals surface area contributed by atoms with Gasteiger partial charge in [0, 0.05) is 0 Å². The van der Waals surface area contributed by atoms with Crippen molar-refractivity contribution < 1.29 is 50.7 Å². The molecule has 0 aliphatic carbocycles. The SMILES string of the molecule is [O]=[Zn].[O]=[Zr]=[O]. The predicted octanol–water partition coefficient (Wildman–Crippen LogP) is -0.361. The molecule has 0 fully saturated rings. The Morgan fingerprint density at radius 3 is 1.20 bits per heavy atom. The van der Waals surface area contributed by atoms with Crippen molar-refractivity contribution in [3.63, 3.8) is 0 Å². The first-order chi connectivity index (χ1) is 2.41. The molecule has 0 saturated carbocycles. The van der Waals surface area contributed by atoms with Gasteiger partial charge >= 0.3 is 50.7 Å². The van der Waals surface area contributed by atoms with Crippen molar-refractivity contribution in [2.24, 2.45) is 0 Å². The average Bonchev–Trinajstić information content (AvgIpc) is 1.46. The summed E-state index contributed by atoms with van der Waals surface area (Å²) in [7, 11) is 0. The topological polar surface area (TPSA) is 51.2 Å². The van der Waals surface area contributed by atoms with Gasteiger partial charge in [-0.2, -0.15) is 0 Å². The molecule has 0 aliphatic rings. The van der Waals surface area contributed by atoms with Gasteiger partial charge in [0.2, 0.25) is 0 Å². The molecule has 24 valence electrons. The van der Waals surface area contributed by atoms with Crippen molar-refractivity contribution in [1.82, 2.24) is 0 Å². The van der Waals surface area contributed by atoms with Gasteiger partial charge in [-0.15, -0.1) is 0 Å². The fraction of sp³-hybridized carbons (Fsp3) is 0. The van der Waals surface area contributed by atoms with Gasteiger partial charge in [0.05, 0.1) is 0 Å². The van der Waals surface area contributed by atoms with Crippen LogP contribution in [0.2, 0.25) is 0 Å². The van der Waals surface area contributed by atoms with Crippen molar-refractivity contribution >= 4 is 0 Å². The summed E-state index contributed by atoms with van der Waals surface area (Å²) in [6.45, 7) is 0. The molecule has 5 heteroatoms. The average molecular weight is 205 g/mol. The second-order valence-corrected chi connectivity index (χ2v) is 0.493. The molecular weight excluding hydrogens is 205 g/mol. The molecule has 0 aromatic rings. The Morgan fingerprint density at radius 2 is 1.20 bits per heavy atom. The van der Waals surface area contributed by atoms with Gasteiger partial charge < -0.3 is 0 Å². The van der Waals surface area contributed by atoms with E-state index < -0.39 is 23.2 Å². The summed E-state index contributed by atoms with van der Waals surface area (Å²) < 4.78 is 25.5. The second-order valence-electron chi connectivity index (χ2n) is 0.0833. The Hall–Kier alpha value is 0.906. The van der Waals surface area contributed by atoms with Crippen LogP contribution in [-0.4, -0.2) is 0 Å². The van der Waals surface area contributed by atoms with Crippen LogP contribution < -0.4 is 0 Å². The van der Waals surface area contributed by atoms with Gasteiger partial charge in [-0.05, 0) is 0 Å². The maximum atomic E-state index is 8.54. The van der Waals surface area contributed by atoms with Crippen LogP contribution in [0.5, 0.6) is 0 Å². The maximum absolute atomic E-state index is 8.54. The molecule has 5 heavy (non-hydrogen) atoms. The molecule has 0 bridgehead atoms. The molecule has 0 amide bonds. The van der Waals surface area contributed by atoms with E-state index in [0.717, 1.165) is 0 Å². The fourth-order valence-corrected chi connectivity index (χ4v) is 0. The molecule has 0 rings (SSSR count). The van der Waals surface area contributed by atoms with Crippen LogP contribution in [0.15, 0.2) is 0 Å². The standard InChI is InChI=1S/3O.Zn.Zr. The fourth-order valence-electron chi connectivity index (χ4n) is 0. The summed E-state index contributed by atoms with van der Waals surface area (Å²) in [4.78, 5) is 0. The van der Waals surface area contributed by atoms with Crippen molar-refractivity contribution in [1.29, 1.82) is 0 Å². The summed E-state index contributed by atoms with van der Waals surface area (Å²) in [6, 6.07) is 0. The summed E-state index contributed by atoms with van der Waals surface area (Å²) in [5.74, 6) is 0. The van der Waals surface area contributed by atoms with E-state index in [4.69, 9.17) is 9.20 Å². The van der Waals surface area contributed by atoms with Crippen LogP contribution in [0.4, 0.5) is 0 Å². The first kappa shape index (κ1) is 9.32. The molecule has 0 saturated heterocycles. The second kappa shape index (κ2) is 20.6. The Kier molecular flexibility index (Phi) is 38.4. The molecule has 0 atom stereocenters. The van der Waals surface area contributed by atoms with Gasteiger partial charge in [0.15, 0.2) is 0 Å². The van der Waals surface area contributed by atoms with E-state index in [1.165, 1.54) is 0 Å². The summed E-state index contributed by atoms with van der Waals surface area (Å²) in [5.41, 5.74) is 0. The van der Waals surface area contributed by atoms with E-state index in [1.807, 2.05) is 0 Å². The zero-order chi connectivity index (χ0) is 4.71. The van der Waals surface area contributed by atoms with Crippen LogP contribution in [0, 0.1) is 0 Å². The van der Waals surface area contributed by atoms with Gasteiger partial charge in [-0.25, -0.2) is 0 Å². The Labute approximate surface area is 50.5 Å². The van der Waals surface area contributed by atoms with Gasteiger partial charge in [-0.3, -0.25) is 0 Å². The Morgan fingerprint density at radius 1 is 1.20 bits per heavy atom. The van der Waals surface area contributed by atoms with Crippen LogP contribution >= 0.6 is 0 Å². The molecule has 0 spiro atoms. The molecule has 0 aromatic carbocycles. The number of hydrogen-bond donors (Lipinski definition) is 0.